The smallest absolute Gasteiger partial charge is 0.240 e. The van der Waals surface area contributed by atoms with Gasteiger partial charge in [-0.3, -0.25) is 4.79 Å². The van der Waals surface area contributed by atoms with E-state index in [0.29, 0.717) is 13.1 Å². The van der Waals surface area contributed by atoms with E-state index in [1.165, 1.54) is 12.1 Å². The second-order valence-corrected chi connectivity index (χ2v) is 8.18. The number of likely N-dealkylation sites (tertiary alicyclic amines) is 1. The molecule has 1 aliphatic heterocycles. The van der Waals surface area contributed by atoms with Crippen molar-refractivity contribution in [3.63, 3.8) is 0 Å². The van der Waals surface area contributed by atoms with E-state index in [2.05, 4.69) is 0 Å². The number of carbonyl (C=O) groups excluding carboxylic acids is 1. The van der Waals surface area contributed by atoms with E-state index < -0.39 is 16.9 Å². The van der Waals surface area contributed by atoms with Crippen LogP contribution in [0.15, 0.2) is 53.4 Å². The van der Waals surface area contributed by atoms with Crippen molar-refractivity contribution >= 4 is 17.7 Å². The fraction of sp³-hybridized carbons (Fsp3) is 0.381. The molecule has 1 saturated heterocycles. The van der Waals surface area contributed by atoms with Crippen LogP contribution in [-0.4, -0.2) is 29.9 Å². The van der Waals surface area contributed by atoms with Gasteiger partial charge in [0, 0.05) is 30.1 Å². The second-order valence-electron chi connectivity index (χ2n) is 7.03. The molecule has 0 aliphatic carbocycles. The van der Waals surface area contributed by atoms with E-state index in [9.17, 15) is 13.6 Å². The Morgan fingerprint density at radius 2 is 1.96 bits per heavy atom. The highest BCUT2D eigenvalue weighted by Crippen LogP contribution is 2.39. The number of piperidine rings is 1. The van der Waals surface area contributed by atoms with Crippen molar-refractivity contribution in [1.29, 1.82) is 0 Å². The van der Waals surface area contributed by atoms with Crippen LogP contribution in [0.4, 0.5) is 8.78 Å². The largest absolute Gasteiger partial charge is 0.341 e. The van der Waals surface area contributed by atoms with Gasteiger partial charge in [-0.15, -0.1) is 11.8 Å². The Labute approximate surface area is 162 Å². The van der Waals surface area contributed by atoms with Crippen molar-refractivity contribution in [2.45, 2.75) is 36.0 Å². The van der Waals surface area contributed by atoms with Crippen molar-refractivity contribution in [2.24, 2.45) is 11.7 Å². The Kier molecular flexibility index (Phi) is 6.50. The summed E-state index contributed by atoms with van der Waals surface area (Å²) < 4.78 is 27.4. The van der Waals surface area contributed by atoms with Gasteiger partial charge in [0.1, 0.15) is 16.9 Å². The average Bonchev–Trinajstić information content (AvgIpc) is 2.67. The van der Waals surface area contributed by atoms with E-state index in [4.69, 9.17) is 5.73 Å². The number of hydrogen-bond donors (Lipinski definition) is 1. The number of amides is 1. The molecular formula is C21H24F2N2OS. The molecule has 144 valence electrons. The molecule has 0 spiro atoms. The molecule has 1 heterocycles. The molecule has 3 unspecified atom stereocenters. The molecule has 6 heteroatoms. The van der Waals surface area contributed by atoms with Crippen molar-refractivity contribution in [3.05, 3.63) is 65.7 Å². The lowest BCUT2D eigenvalue weighted by Crippen LogP contribution is -2.46. The summed E-state index contributed by atoms with van der Waals surface area (Å²) in [5.74, 6) is -1.07. The highest BCUT2D eigenvalue weighted by Gasteiger charge is 2.32. The van der Waals surface area contributed by atoms with Crippen molar-refractivity contribution in [3.8, 4) is 0 Å². The third-order valence-corrected chi connectivity index (χ3v) is 6.27. The standard InChI is InChI=1S/C21H24F2N2OS/c1-14(24)16-8-5-11-25(13-16)21(26)20(15-6-3-2-4-7-15)27-19-10-9-17(22)12-18(19)23/h2-4,6-7,9-10,12,14,16,20H,5,8,11,13,24H2,1H3. The molecule has 1 fully saturated rings. The Balaban J connectivity index is 1.87. The number of hydrogen-bond acceptors (Lipinski definition) is 3. The molecule has 3 atom stereocenters. The van der Waals surface area contributed by atoms with E-state index in [1.54, 1.807) is 0 Å². The Morgan fingerprint density at radius 1 is 1.22 bits per heavy atom. The highest BCUT2D eigenvalue weighted by molar-refractivity contribution is 8.00. The molecule has 0 bridgehead atoms. The predicted octanol–water partition coefficient (Wildman–Crippen LogP) is 4.38. The van der Waals surface area contributed by atoms with Gasteiger partial charge in [0.2, 0.25) is 5.91 Å². The second kappa shape index (κ2) is 8.85. The Morgan fingerprint density at radius 3 is 2.63 bits per heavy atom. The van der Waals surface area contributed by atoms with Crippen LogP contribution in [0.25, 0.3) is 0 Å². The van der Waals surface area contributed by atoms with Crippen molar-refractivity contribution < 1.29 is 13.6 Å². The zero-order valence-electron chi connectivity index (χ0n) is 15.3. The number of benzene rings is 2. The number of nitrogens with two attached hydrogens (primary N) is 1. The molecule has 2 aromatic carbocycles. The minimum absolute atomic E-state index is 0.0259. The van der Waals surface area contributed by atoms with Crippen LogP contribution >= 0.6 is 11.8 Å². The van der Waals surface area contributed by atoms with Crippen LogP contribution in [0.1, 0.15) is 30.6 Å². The van der Waals surface area contributed by atoms with Crippen molar-refractivity contribution in [2.75, 3.05) is 13.1 Å². The van der Waals surface area contributed by atoms with Gasteiger partial charge in [0.25, 0.3) is 0 Å². The normalized spacial score (nSPS) is 19.6. The van der Waals surface area contributed by atoms with Gasteiger partial charge in [0.15, 0.2) is 0 Å². The number of thioether (sulfide) groups is 1. The molecule has 0 radical (unpaired) electrons. The minimum atomic E-state index is -0.652. The molecular weight excluding hydrogens is 366 g/mol. The molecule has 2 N–H and O–H groups in total. The highest BCUT2D eigenvalue weighted by atomic mass is 32.2. The first-order chi connectivity index (χ1) is 13.0. The number of rotatable bonds is 5. The van der Waals surface area contributed by atoms with Gasteiger partial charge in [-0.25, -0.2) is 8.78 Å². The first kappa shape index (κ1) is 19.8. The average molecular weight is 390 g/mol. The maximum absolute atomic E-state index is 14.2. The van der Waals surface area contributed by atoms with E-state index in [1.807, 2.05) is 42.2 Å². The summed E-state index contributed by atoms with van der Waals surface area (Å²) in [6, 6.07) is 12.8. The van der Waals surface area contributed by atoms with Crippen LogP contribution in [0.2, 0.25) is 0 Å². The van der Waals surface area contributed by atoms with Gasteiger partial charge in [-0.2, -0.15) is 0 Å². The van der Waals surface area contributed by atoms with Gasteiger partial charge < -0.3 is 10.6 Å². The number of halogens is 2. The third-order valence-electron chi connectivity index (χ3n) is 4.98. The first-order valence-corrected chi connectivity index (χ1v) is 10.0. The number of carbonyl (C=O) groups is 1. The maximum atomic E-state index is 14.2. The fourth-order valence-corrected chi connectivity index (χ4v) is 4.51. The summed E-state index contributed by atoms with van der Waals surface area (Å²) in [7, 11) is 0. The molecule has 1 amide bonds. The van der Waals surface area contributed by atoms with Gasteiger partial charge in [-0.05, 0) is 43.4 Å². The van der Waals surface area contributed by atoms with Crippen LogP contribution in [0, 0.1) is 17.6 Å². The first-order valence-electron chi connectivity index (χ1n) is 9.16. The zero-order valence-corrected chi connectivity index (χ0v) is 16.1. The summed E-state index contributed by atoms with van der Waals surface area (Å²) in [6.45, 7) is 3.26. The Bertz CT molecular complexity index is 785. The van der Waals surface area contributed by atoms with Crippen LogP contribution in [0.5, 0.6) is 0 Å². The summed E-state index contributed by atoms with van der Waals surface area (Å²) in [4.78, 5) is 15.4. The van der Waals surface area contributed by atoms with E-state index in [0.717, 1.165) is 36.2 Å². The lowest BCUT2D eigenvalue weighted by atomic mass is 9.92. The SMILES string of the molecule is CC(N)C1CCCN(C(=O)C(Sc2ccc(F)cc2F)c2ccccc2)C1. The van der Waals surface area contributed by atoms with Crippen molar-refractivity contribution in [1.82, 2.24) is 4.90 Å². The van der Waals surface area contributed by atoms with Gasteiger partial charge >= 0.3 is 0 Å². The zero-order chi connectivity index (χ0) is 19.4. The maximum Gasteiger partial charge on any atom is 0.240 e. The topological polar surface area (TPSA) is 46.3 Å². The summed E-state index contributed by atoms with van der Waals surface area (Å²) in [5, 5.41) is -0.585. The minimum Gasteiger partial charge on any atom is -0.341 e. The lowest BCUT2D eigenvalue weighted by molar-refractivity contribution is -0.132. The summed E-state index contributed by atoms with van der Waals surface area (Å²) in [6.07, 6.45) is 1.92. The Hall–Kier alpha value is -1.92. The van der Waals surface area contributed by atoms with Crippen LogP contribution in [-0.2, 0) is 4.79 Å². The molecule has 3 rings (SSSR count). The molecule has 1 aliphatic rings. The van der Waals surface area contributed by atoms with E-state index in [-0.39, 0.29) is 22.8 Å². The van der Waals surface area contributed by atoms with E-state index >= 15 is 0 Å². The molecule has 27 heavy (non-hydrogen) atoms. The van der Waals surface area contributed by atoms with Crippen LogP contribution in [0.3, 0.4) is 0 Å². The quantitative estimate of drug-likeness (QED) is 0.771. The van der Waals surface area contributed by atoms with Gasteiger partial charge in [0.05, 0.1) is 0 Å². The summed E-state index contributed by atoms with van der Waals surface area (Å²) >= 11 is 1.12. The molecule has 2 aromatic rings. The monoisotopic (exact) mass is 390 g/mol. The molecule has 0 saturated carbocycles. The summed E-state index contributed by atoms with van der Waals surface area (Å²) in [5.41, 5.74) is 6.85. The lowest BCUT2D eigenvalue weighted by Gasteiger charge is -2.36. The molecule has 3 nitrogen and oxygen atoms in total. The van der Waals surface area contributed by atoms with Gasteiger partial charge in [-0.1, -0.05) is 30.3 Å². The fourth-order valence-electron chi connectivity index (χ4n) is 3.39. The predicted molar refractivity (Wildman–Crippen MR) is 104 cm³/mol. The van der Waals surface area contributed by atoms with Crippen LogP contribution < -0.4 is 5.73 Å². The number of nitrogens with zero attached hydrogens (tertiary/aromatic N) is 1. The molecule has 0 aromatic heterocycles. The third kappa shape index (κ3) is 4.87.